The van der Waals surface area contributed by atoms with E-state index < -0.39 is 5.41 Å². The van der Waals surface area contributed by atoms with Crippen LogP contribution in [0.2, 0.25) is 0 Å². The molecule has 2 aliphatic heterocycles. The maximum Gasteiger partial charge on any atom is 0.231 e. The van der Waals surface area contributed by atoms with Crippen molar-refractivity contribution >= 4 is 5.91 Å². The highest BCUT2D eigenvalue weighted by Gasteiger charge is 2.63. The molecule has 0 aromatic rings. The molecule has 22 heavy (non-hydrogen) atoms. The van der Waals surface area contributed by atoms with E-state index in [2.05, 4.69) is 46.1 Å². The van der Waals surface area contributed by atoms with Crippen LogP contribution in [0.3, 0.4) is 0 Å². The summed E-state index contributed by atoms with van der Waals surface area (Å²) in [6.45, 7) is 17.1. The van der Waals surface area contributed by atoms with Gasteiger partial charge < -0.3 is 9.64 Å². The summed E-state index contributed by atoms with van der Waals surface area (Å²) in [7, 11) is 0. The Hall–Kier alpha value is -0.830. The quantitative estimate of drug-likeness (QED) is 0.686. The van der Waals surface area contributed by atoms with Gasteiger partial charge >= 0.3 is 0 Å². The number of fused-ring (bicyclic) bond motifs is 2. The van der Waals surface area contributed by atoms with Gasteiger partial charge in [-0.3, -0.25) is 4.79 Å². The summed E-state index contributed by atoms with van der Waals surface area (Å²) < 4.78 is 6.54. The van der Waals surface area contributed by atoms with E-state index >= 15 is 0 Å². The van der Waals surface area contributed by atoms with Crippen LogP contribution in [0.1, 0.15) is 60.8 Å². The van der Waals surface area contributed by atoms with E-state index in [1.807, 2.05) is 6.92 Å². The van der Waals surface area contributed by atoms with E-state index in [0.29, 0.717) is 5.92 Å². The number of hydrogen-bond acceptors (Lipinski definition) is 2. The molecule has 0 bridgehead atoms. The molecule has 0 spiro atoms. The Morgan fingerprint density at radius 1 is 1.27 bits per heavy atom. The third-order valence-electron chi connectivity index (χ3n) is 6.51. The first-order valence-electron chi connectivity index (χ1n) is 8.73. The fraction of sp³-hybridized carbons (Fsp3) is 0.842. The predicted octanol–water partition coefficient (Wildman–Crippen LogP) is 3.99. The van der Waals surface area contributed by atoms with Gasteiger partial charge in [0.25, 0.3) is 0 Å². The topological polar surface area (TPSA) is 29.5 Å². The van der Waals surface area contributed by atoms with E-state index in [-0.39, 0.29) is 29.7 Å². The highest BCUT2D eigenvalue weighted by Crippen LogP contribution is 2.55. The third kappa shape index (κ3) is 2.01. The number of amides is 1. The number of rotatable bonds is 1. The van der Waals surface area contributed by atoms with Gasteiger partial charge in [0.15, 0.2) is 0 Å². The lowest BCUT2D eigenvalue weighted by atomic mass is 9.70. The van der Waals surface area contributed by atoms with Crippen LogP contribution in [-0.2, 0) is 9.53 Å². The highest BCUT2D eigenvalue weighted by molar-refractivity contribution is 5.86. The van der Waals surface area contributed by atoms with Gasteiger partial charge in [-0.1, -0.05) is 39.3 Å². The van der Waals surface area contributed by atoms with Gasteiger partial charge in [-0.2, -0.15) is 0 Å². The first-order chi connectivity index (χ1) is 10.1. The summed E-state index contributed by atoms with van der Waals surface area (Å²) in [5.41, 5.74) is 0.503. The zero-order valence-electron chi connectivity index (χ0n) is 15.0. The van der Waals surface area contributed by atoms with Crippen LogP contribution in [0.5, 0.6) is 0 Å². The van der Waals surface area contributed by atoms with Crippen LogP contribution >= 0.6 is 0 Å². The van der Waals surface area contributed by atoms with Crippen LogP contribution in [0.15, 0.2) is 12.2 Å². The van der Waals surface area contributed by atoms with Crippen LogP contribution in [0.25, 0.3) is 0 Å². The average Bonchev–Trinajstić information content (AvgIpc) is 2.56. The molecule has 1 amide bonds. The summed E-state index contributed by atoms with van der Waals surface area (Å²) in [4.78, 5) is 15.2. The highest BCUT2D eigenvalue weighted by atomic mass is 16.5. The normalized spacial score (nSPS) is 42.7. The zero-order valence-corrected chi connectivity index (χ0v) is 15.0. The molecule has 0 aromatic carbocycles. The Morgan fingerprint density at radius 3 is 2.50 bits per heavy atom. The smallest absolute Gasteiger partial charge is 0.231 e. The summed E-state index contributed by atoms with van der Waals surface area (Å²) in [6.07, 6.45) is 3.67. The number of carbonyl (C=O) groups excluding carboxylic acids is 1. The molecule has 3 rings (SSSR count). The molecular weight excluding hydrogens is 274 g/mol. The lowest BCUT2D eigenvalue weighted by molar-refractivity contribution is -0.225. The van der Waals surface area contributed by atoms with Gasteiger partial charge in [0.05, 0.1) is 11.5 Å². The number of ether oxygens (including phenoxy) is 1. The predicted molar refractivity (Wildman–Crippen MR) is 88.2 cm³/mol. The van der Waals surface area contributed by atoms with Crippen LogP contribution in [-0.4, -0.2) is 28.7 Å². The molecule has 3 heteroatoms. The molecular formula is C19H31NO2. The Kier molecular flexibility index (Phi) is 3.52. The molecule has 5 atom stereocenters. The molecule has 2 saturated heterocycles. The van der Waals surface area contributed by atoms with Crippen molar-refractivity contribution < 1.29 is 9.53 Å². The second-order valence-electron chi connectivity index (χ2n) is 8.96. The lowest BCUT2D eigenvalue weighted by Crippen LogP contribution is -2.64. The maximum absolute atomic E-state index is 13.1. The van der Waals surface area contributed by atoms with E-state index in [1.54, 1.807) is 0 Å². The molecule has 2 heterocycles. The van der Waals surface area contributed by atoms with Crippen LogP contribution in [0, 0.1) is 23.2 Å². The average molecular weight is 305 g/mol. The van der Waals surface area contributed by atoms with Crippen molar-refractivity contribution in [3.63, 3.8) is 0 Å². The number of nitrogens with zero attached hydrogens (tertiary/aromatic N) is 1. The minimum atomic E-state index is -0.424. The Morgan fingerprint density at radius 2 is 1.91 bits per heavy atom. The molecule has 124 valence electrons. The monoisotopic (exact) mass is 305 g/mol. The van der Waals surface area contributed by atoms with Crippen molar-refractivity contribution in [1.29, 1.82) is 0 Å². The Bertz CT molecular complexity index is 508. The van der Waals surface area contributed by atoms with Gasteiger partial charge in [0.2, 0.25) is 5.91 Å². The van der Waals surface area contributed by atoms with Gasteiger partial charge in [-0.05, 0) is 39.5 Å². The van der Waals surface area contributed by atoms with E-state index in [1.165, 1.54) is 6.42 Å². The van der Waals surface area contributed by atoms with Gasteiger partial charge in [0, 0.05) is 17.4 Å². The molecule has 1 aliphatic carbocycles. The molecule has 0 radical (unpaired) electrons. The first kappa shape index (κ1) is 16.0. The number of carbonyl (C=O) groups is 1. The fourth-order valence-electron chi connectivity index (χ4n) is 5.30. The first-order valence-corrected chi connectivity index (χ1v) is 8.73. The summed E-state index contributed by atoms with van der Waals surface area (Å²) in [5, 5.41) is 0. The van der Waals surface area contributed by atoms with Crippen molar-refractivity contribution in [2.75, 3.05) is 0 Å². The second-order valence-corrected chi connectivity index (χ2v) is 8.96. The van der Waals surface area contributed by atoms with E-state index in [9.17, 15) is 4.79 Å². The van der Waals surface area contributed by atoms with E-state index in [4.69, 9.17) is 4.74 Å². The molecule has 0 aromatic heterocycles. The second kappa shape index (κ2) is 4.83. The lowest BCUT2D eigenvalue weighted by Gasteiger charge is -2.56. The van der Waals surface area contributed by atoms with Gasteiger partial charge in [-0.25, -0.2) is 0 Å². The van der Waals surface area contributed by atoms with Crippen molar-refractivity contribution in [3.05, 3.63) is 12.2 Å². The standard InChI is InChI=1S/C19H31NO2/c1-11(2)15-16-20(17(21)18(15,4)5)19(6,7)13-9-8-12(3)10-14(13)22-16/h12-16H,1,8-10H2,2-7H3/t12-,13-,14-,15+,16+/m1/s1. The third-order valence-corrected chi connectivity index (χ3v) is 6.51. The Balaban J connectivity index is 2.03. The van der Waals surface area contributed by atoms with Crippen LogP contribution < -0.4 is 0 Å². The van der Waals surface area contributed by atoms with Crippen molar-refractivity contribution in [3.8, 4) is 0 Å². The van der Waals surface area contributed by atoms with Crippen LogP contribution in [0.4, 0.5) is 0 Å². The SMILES string of the molecule is C=C(C)[C@H]1[C@@H]2O[C@@H]3C[C@H](C)CC[C@H]3C(C)(C)N2C(=O)C1(C)C. The Labute approximate surface area is 135 Å². The van der Waals surface area contributed by atoms with Gasteiger partial charge in [0.1, 0.15) is 6.23 Å². The maximum atomic E-state index is 13.1. The molecule has 3 aliphatic rings. The molecule has 1 saturated carbocycles. The van der Waals surface area contributed by atoms with Crippen molar-refractivity contribution in [2.24, 2.45) is 23.2 Å². The zero-order chi connectivity index (χ0) is 16.4. The number of hydrogen-bond donors (Lipinski definition) is 0. The fourth-order valence-corrected chi connectivity index (χ4v) is 5.30. The molecule has 3 nitrogen and oxygen atoms in total. The largest absolute Gasteiger partial charge is 0.354 e. The minimum absolute atomic E-state index is 0.0810. The van der Waals surface area contributed by atoms with Crippen molar-refractivity contribution in [1.82, 2.24) is 4.90 Å². The minimum Gasteiger partial charge on any atom is -0.354 e. The summed E-state index contributed by atoms with van der Waals surface area (Å²) in [5.74, 6) is 1.48. The summed E-state index contributed by atoms with van der Waals surface area (Å²) in [6, 6.07) is 0. The molecule has 0 unspecified atom stereocenters. The molecule has 0 N–H and O–H groups in total. The summed E-state index contributed by atoms with van der Waals surface area (Å²) >= 11 is 0. The van der Waals surface area contributed by atoms with Gasteiger partial charge in [-0.15, -0.1) is 0 Å². The molecule has 3 fully saturated rings. The van der Waals surface area contributed by atoms with E-state index in [0.717, 1.165) is 24.3 Å². The van der Waals surface area contributed by atoms with Crippen molar-refractivity contribution in [2.45, 2.75) is 78.7 Å².